The van der Waals surface area contributed by atoms with Gasteiger partial charge in [-0.3, -0.25) is 19.7 Å². The SMILES string of the molecule is Cc1nc(SCC(=O)CCCC(=O)Oc2ccc([N+](=O)[O-])cc2)n(C)c1C. The van der Waals surface area contributed by atoms with Crippen LogP contribution in [0.4, 0.5) is 5.69 Å². The molecule has 0 aliphatic carbocycles. The maximum absolute atomic E-state index is 12.0. The zero-order chi connectivity index (χ0) is 20.0. The molecule has 1 aromatic carbocycles. The topological polar surface area (TPSA) is 104 Å². The Bertz CT molecular complexity index is 845. The Morgan fingerprint density at radius 2 is 1.89 bits per heavy atom. The Kier molecular flexibility index (Phi) is 7.12. The van der Waals surface area contributed by atoms with Gasteiger partial charge in [0.2, 0.25) is 0 Å². The van der Waals surface area contributed by atoms with Crippen molar-refractivity contribution in [2.24, 2.45) is 7.05 Å². The highest BCUT2D eigenvalue weighted by molar-refractivity contribution is 7.99. The molecule has 0 radical (unpaired) electrons. The zero-order valence-electron chi connectivity index (χ0n) is 15.4. The summed E-state index contributed by atoms with van der Waals surface area (Å²) in [5, 5.41) is 11.4. The largest absolute Gasteiger partial charge is 0.427 e. The number of non-ortho nitro benzene ring substituents is 1. The molecule has 144 valence electrons. The molecule has 0 aliphatic rings. The number of benzene rings is 1. The van der Waals surface area contributed by atoms with Crippen LogP contribution in [0.3, 0.4) is 0 Å². The highest BCUT2D eigenvalue weighted by atomic mass is 32.2. The van der Waals surface area contributed by atoms with E-state index >= 15 is 0 Å². The number of hydrogen-bond donors (Lipinski definition) is 0. The van der Waals surface area contributed by atoms with Crippen LogP contribution in [0.5, 0.6) is 5.75 Å². The lowest BCUT2D eigenvalue weighted by atomic mass is 10.2. The summed E-state index contributed by atoms with van der Waals surface area (Å²) >= 11 is 1.39. The number of thioether (sulfide) groups is 1. The summed E-state index contributed by atoms with van der Waals surface area (Å²) in [6.07, 6.45) is 0.780. The quantitative estimate of drug-likeness (QED) is 0.212. The number of nitrogens with zero attached hydrogens (tertiary/aromatic N) is 3. The maximum atomic E-state index is 12.0. The number of carbonyl (C=O) groups excluding carboxylic acids is 2. The van der Waals surface area contributed by atoms with Gasteiger partial charge in [-0.1, -0.05) is 11.8 Å². The van der Waals surface area contributed by atoms with Crippen LogP contribution in [0.2, 0.25) is 0 Å². The molecule has 0 atom stereocenters. The molecule has 2 rings (SSSR count). The molecule has 0 amide bonds. The standard InChI is InChI=1S/C18H21N3O5S/c1-12-13(2)20(3)18(19-12)27-11-15(22)5-4-6-17(23)26-16-9-7-14(8-10-16)21(24)25/h7-10H,4-6,11H2,1-3H3. The molecule has 0 spiro atoms. The van der Waals surface area contributed by atoms with E-state index in [1.165, 1.54) is 36.0 Å². The van der Waals surface area contributed by atoms with Crippen molar-refractivity contribution in [3.8, 4) is 5.75 Å². The molecule has 27 heavy (non-hydrogen) atoms. The minimum Gasteiger partial charge on any atom is -0.427 e. The van der Waals surface area contributed by atoms with Gasteiger partial charge in [0, 0.05) is 37.7 Å². The molecule has 1 aromatic heterocycles. The second kappa shape index (κ2) is 9.31. The molecule has 0 saturated carbocycles. The first kappa shape index (κ1) is 20.6. The maximum Gasteiger partial charge on any atom is 0.311 e. The molecule has 1 heterocycles. The number of esters is 1. The number of rotatable bonds is 9. The molecule has 0 N–H and O–H groups in total. The lowest BCUT2D eigenvalue weighted by molar-refractivity contribution is -0.384. The smallest absolute Gasteiger partial charge is 0.311 e. The first-order valence-corrected chi connectivity index (χ1v) is 9.36. The van der Waals surface area contributed by atoms with Gasteiger partial charge in [0.05, 0.1) is 16.4 Å². The van der Waals surface area contributed by atoms with Crippen molar-refractivity contribution in [2.45, 2.75) is 38.3 Å². The molecule has 0 bridgehead atoms. The van der Waals surface area contributed by atoms with Crippen LogP contribution >= 0.6 is 11.8 Å². The van der Waals surface area contributed by atoms with Gasteiger partial charge in [-0.15, -0.1) is 0 Å². The summed E-state index contributed by atoms with van der Waals surface area (Å²) in [5.41, 5.74) is 1.94. The number of Topliss-reactive ketones (excluding diaryl/α,β-unsaturated/α-hetero) is 1. The number of ether oxygens (including phenoxy) is 1. The number of aryl methyl sites for hydroxylation is 1. The Balaban J connectivity index is 1.70. The van der Waals surface area contributed by atoms with Crippen LogP contribution < -0.4 is 4.74 Å². The Labute approximate surface area is 161 Å². The Hall–Kier alpha value is -2.68. The lowest BCUT2D eigenvalue weighted by Crippen LogP contribution is -2.09. The summed E-state index contributed by atoms with van der Waals surface area (Å²) in [5.74, 6) is 0.121. The van der Waals surface area contributed by atoms with Gasteiger partial charge in [0.1, 0.15) is 11.5 Å². The van der Waals surface area contributed by atoms with Crippen molar-refractivity contribution in [3.05, 3.63) is 45.8 Å². The van der Waals surface area contributed by atoms with Crippen LogP contribution in [-0.4, -0.2) is 32.0 Å². The number of aromatic nitrogens is 2. The fraction of sp³-hybridized carbons (Fsp3) is 0.389. The van der Waals surface area contributed by atoms with Gasteiger partial charge in [-0.25, -0.2) is 4.98 Å². The second-order valence-corrected chi connectivity index (χ2v) is 6.97. The number of imidazole rings is 1. The van der Waals surface area contributed by atoms with E-state index in [9.17, 15) is 19.7 Å². The molecule has 0 unspecified atom stereocenters. The van der Waals surface area contributed by atoms with Gasteiger partial charge in [-0.05, 0) is 32.4 Å². The average Bonchev–Trinajstić information content (AvgIpc) is 2.87. The number of ketones is 1. The number of nitro benzene ring substituents is 1. The lowest BCUT2D eigenvalue weighted by Gasteiger charge is -2.04. The third-order valence-electron chi connectivity index (χ3n) is 4.05. The van der Waals surface area contributed by atoms with Gasteiger partial charge < -0.3 is 9.30 Å². The summed E-state index contributed by atoms with van der Waals surface area (Å²) in [7, 11) is 1.91. The molecule has 9 heteroatoms. The summed E-state index contributed by atoms with van der Waals surface area (Å²) in [6, 6.07) is 5.28. The predicted octanol–water partition coefficient (Wildman–Crippen LogP) is 3.38. The van der Waals surface area contributed by atoms with Crippen molar-refractivity contribution in [1.29, 1.82) is 0 Å². The van der Waals surface area contributed by atoms with Gasteiger partial charge in [0.15, 0.2) is 5.16 Å². The van der Waals surface area contributed by atoms with Crippen LogP contribution in [0.25, 0.3) is 0 Å². The molecule has 8 nitrogen and oxygen atoms in total. The molecular weight excluding hydrogens is 370 g/mol. The Morgan fingerprint density at radius 1 is 1.22 bits per heavy atom. The van der Waals surface area contributed by atoms with E-state index in [1.54, 1.807) is 0 Å². The van der Waals surface area contributed by atoms with Crippen molar-refractivity contribution >= 4 is 29.2 Å². The van der Waals surface area contributed by atoms with E-state index in [0.717, 1.165) is 16.5 Å². The van der Waals surface area contributed by atoms with E-state index in [0.29, 0.717) is 12.2 Å². The molecule has 0 fully saturated rings. The minimum atomic E-state index is -0.525. The predicted molar refractivity (Wildman–Crippen MR) is 101 cm³/mol. The van der Waals surface area contributed by atoms with Crippen LogP contribution in [-0.2, 0) is 16.6 Å². The van der Waals surface area contributed by atoms with Gasteiger partial charge >= 0.3 is 5.97 Å². The molecule has 0 aliphatic heterocycles. The van der Waals surface area contributed by atoms with Gasteiger partial charge in [0.25, 0.3) is 5.69 Å². The van der Waals surface area contributed by atoms with E-state index in [2.05, 4.69) is 4.98 Å². The minimum absolute atomic E-state index is 0.0430. The van der Waals surface area contributed by atoms with E-state index in [4.69, 9.17) is 4.74 Å². The zero-order valence-corrected chi connectivity index (χ0v) is 16.2. The summed E-state index contributed by atoms with van der Waals surface area (Å²) < 4.78 is 7.05. The fourth-order valence-electron chi connectivity index (χ4n) is 2.28. The highest BCUT2D eigenvalue weighted by Gasteiger charge is 2.12. The third-order valence-corrected chi connectivity index (χ3v) is 5.14. The highest BCUT2D eigenvalue weighted by Crippen LogP contribution is 2.21. The second-order valence-electron chi connectivity index (χ2n) is 6.03. The van der Waals surface area contributed by atoms with Crippen molar-refractivity contribution < 1.29 is 19.2 Å². The third kappa shape index (κ3) is 5.92. The average molecular weight is 391 g/mol. The first-order valence-electron chi connectivity index (χ1n) is 8.37. The van der Waals surface area contributed by atoms with Crippen LogP contribution in [0.1, 0.15) is 30.7 Å². The Morgan fingerprint density at radius 3 is 2.44 bits per heavy atom. The normalized spacial score (nSPS) is 10.6. The molecular formula is C18H21N3O5S. The summed E-state index contributed by atoms with van der Waals surface area (Å²) in [4.78, 5) is 38.2. The van der Waals surface area contributed by atoms with Crippen LogP contribution in [0.15, 0.2) is 29.4 Å². The van der Waals surface area contributed by atoms with Crippen molar-refractivity contribution in [2.75, 3.05) is 5.75 Å². The van der Waals surface area contributed by atoms with E-state index in [1.807, 2.05) is 25.5 Å². The molecule has 2 aromatic rings. The van der Waals surface area contributed by atoms with Crippen molar-refractivity contribution in [3.63, 3.8) is 0 Å². The van der Waals surface area contributed by atoms with Crippen molar-refractivity contribution in [1.82, 2.24) is 9.55 Å². The van der Waals surface area contributed by atoms with Crippen LogP contribution in [0, 0.1) is 24.0 Å². The summed E-state index contributed by atoms with van der Waals surface area (Å²) in [6.45, 7) is 3.91. The molecule has 0 saturated heterocycles. The first-order chi connectivity index (χ1) is 12.8. The van der Waals surface area contributed by atoms with E-state index < -0.39 is 10.9 Å². The monoisotopic (exact) mass is 391 g/mol. The van der Waals surface area contributed by atoms with Gasteiger partial charge in [-0.2, -0.15) is 0 Å². The number of carbonyl (C=O) groups is 2. The number of hydrogen-bond acceptors (Lipinski definition) is 7. The fourth-order valence-corrected chi connectivity index (χ4v) is 3.25. The number of nitro groups is 1. The van der Waals surface area contributed by atoms with E-state index in [-0.39, 0.29) is 30.1 Å².